The van der Waals surface area contributed by atoms with Gasteiger partial charge in [-0.3, -0.25) is 4.79 Å². The van der Waals surface area contributed by atoms with Crippen molar-refractivity contribution >= 4 is 27.6 Å². The molecular weight excluding hydrogens is 396 g/mol. The molecule has 0 spiro atoms. The smallest absolute Gasteiger partial charge is 0.410 e. The van der Waals surface area contributed by atoms with Gasteiger partial charge in [0.1, 0.15) is 5.60 Å². The van der Waals surface area contributed by atoms with Crippen LogP contribution in [0.3, 0.4) is 0 Å². The first-order valence-electron chi connectivity index (χ1n) is 9.50. The van der Waals surface area contributed by atoms with Gasteiger partial charge in [0.15, 0.2) is 9.84 Å². The second kappa shape index (κ2) is 8.22. The van der Waals surface area contributed by atoms with Crippen molar-refractivity contribution < 1.29 is 27.5 Å². The third-order valence-electron chi connectivity index (χ3n) is 4.81. The minimum atomic E-state index is -3.69. The zero-order valence-corrected chi connectivity index (χ0v) is 18.6. The van der Waals surface area contributed by atoms with Crippen molar-refractivity contribution in [1.82, 2.24) is 4.90 Å². The van der Waals surface area contributed by atoms with Crippen LogP contribution in [0.1, 0.15) is 52.6 Å². The van der Waals surface area contributed by atoms with Crippen LogP contribution in [0, 0.1) is 5.92 Å². The summed E-state index contributed by atoms with van der Waals surface area (Å²) in [5.41, 5.74) is 5.84. The van der Waals surface area contributed by atoms with E-state index in [0.717, 1.165) is 0 Å². The van der Waals surface area contributed by atoms with Gasteiger partial charge in [-0.25, -0.2) is 13.2 Å². The molecule has 0 aliphatic carbocycles. The second-order valence-electron chi connectivity index (χ2n) is 8.43. The number of hydrogen-bond acceptors (Lipinski definition) is 7. The Morgan fingerprint density at radius 3 is 2.38 bits per heavy atom. The lowest BCUT2D eigenvalue weighted by atomic mass is 9.93. The molecule has 9 heteroatoms. The molecule has 0 aromatic heterocycles. The molecule has 0 saturated carbocycles. The topological polar surface area (TPSA) is 116 Å². The third-order valence-corrected chi connectivity index (χ3v) is 7.04. The highest BCUT2D eigenvalue weighted by Gasteiger charge is 2.46. The van der Waals surface area contributed by atoms with Crippen LogP contribution in [-0.4, -0.2) is 49.9 Å². The third kappa shape index (κ3) is 4.83. The lowest BCUT2D eigenvalue weighted by Gasteiger charge is -2.31. The van der Waals surface area contributed by atoms with Crippen LogP contribution >= 0.6 is 0 Å². The van der Waals surface area contributed by atoms with E-state index in [4.69, 9.17) is 15.2 Å². The van der Waals surface area contributed by atoms with Crippen molar-refractivity contribution in [3.05, 3.63) is 23.8 Å². The monoisotopic (exact) mass is 426 g/mol. The molecule has 8 nitrogen and oxygen atoms in total. The van der Waals surface area contributed by atoms with Gasteiger partial charge in [-0.2, -0.15) is 0 Å². The Kier molecular flexibility index (Phi) is 6.51. The minimum absolute atomic E-state index is 0.0519. The van der Waals surface area contributed by atoms with Gasteiger partial charge in [-0.1, -0.05) is 0 Å². The Bertz CT molecular complexity index is 889. The van der Waals surface area contributed by atoms with Gasteiger partial charge in [0.2, 0.25) is 0 Å². The highest BCUT2D eigenvalue weighted by molar-refractivity contribution is 7.92. The fraction of sp³-hybridized carbons (Fsp3) is 0.600. The Hall–Kier alpha value is -2.29. The number of methoxy groups -OCH3 is 1. The van der Waals surface area contributed by atoms with Crippen LogP contribution in [0.4, 0.5) is 10.5 Å². The van der Waals surface area contributed by atoms with Gasteiger partial charge >= 0.3 is 12.1 Å². The average molecular weight is 427 g/mol. The molecule has 1 unspecified atom stereocenters. The summed E-state index contributed by atoms with van der Waals surface area (Å²) < 4.78 is 36.4. The first-order valence-corrected chi connectivity index (χ1v) is 11.0. The molecule has 1 aromatic rings. The molecule has 162 valence electrons. The number of rotatable bonds is 4. The molecule has 1 saturated heterocycles. The van der Waals surface area contributed by atoms with Crippen molar-refractivity contribution in [3.63, 3.8) is 0 Å². The van der Waals surface area contributed by atoms with E-state index in [1.54, 1.807) is 34.6 Å². The summed E-state index contributed by atoms with van der Waals surface area (Å²) >= 11 is 0. The van der Waals surface area contributed by atoms with Crippen LogP contribution in [-0.2, 0) is 24.1 Å². The quantitative estimate of drug-likeness (QED) is 0.581. The van der Waals surface area contributed by atoms with Crippen molar-refractivity contribution in [2.45, 2.75) is 62.8 Å². The molecule has 2 atom stereocenters. The van der Waals surface area contributed by atoms with Gasteiger partial charge in [-0.05, 0) is 64.8 Å². The summed E-state index contributed by atoms with van der Waals surface area (Å²) in [7, 11) is -2.42. The van der Waals surface area contributed by atoms with Crippen LogP contribution in [0.5, 0.6) is 0 Å². The molecule has 1 aliphatic rings. The van der Waals surface area contributed by atoms with Gasteiger partial charge in [-0.15, -0.1) is 0 Å². The van der Waals surface area contributed by atoms with Crippen molar-refractivity contribution in [1.29, 1.82) is 0 Å². The number of carbonyl (C=O) groups is 2. The Morgan fingerprint density at radius 1 is 1.24 bits per heavy atom. The van der Waals surface area contributed by atoms with E-state index >= 15 is 0 Å². The zero-order valence-electron chi connectivity index (χ0n) is 17.8. The van der Waals surface area contributed by atoms with Crippen LogP contribution < -0.4 is 5.73 Å². The summed E-state index contributed by atoms with van der Waals surface area (Å²) in [6.45, 7) is 8.60. The summed E-state index contributed by atoms with van der Waals surface area (Å²) in [6.07, 6.45) is -0.295. The Balaban J connectivity index is 2.66. The molecule has 2 rings (SSSR count). The number of nitrogen functional groups attached to an aromatic ring is 1. The Morgan fingerprint density at radius 2 is 1.86 bits per heavy atom. The van der Waals surface area contributed by atoms with Crippen molar-refractivity contribution in [2.75, 3.05) is 19.4 Å². The summed E-state index contributed by atoms with van der Waals surface area (Å²) in [6, 6.07) is 3.58. The second-order valence-corrected chi connectivity index (χ2v) is 10.9. The number of nitrogens with two attached hydrogens (primary N) is 1. The summed E-state index contributed by atoms with van der Waals surface area (Å²) in [5.74, 6) is -1.24. The predicted molar refractivity (Wildman–Crippen MR) is 109 cm³/mol. The highest BCUT2D eigenvalue weighted by Crippen LogP contribution is 2.42. The maximum atomic E-state index is 13.0. The molecule has 1 fully saturated rings. The molecule has 29 heavy (non-hydrogen) atoms. The van der Waals surface area contributed by atoms with Gasteiger partial charge < -0.3 is 20.1 Å². The predicted octanol–water partition coefficient (Wildman–Crippen LogP) is 2.92. The zero-order chi connectivity index (χ0) is 22.1. The average Bonchev–Trinajstić information content (AvgIpc) is 3.04. The van der Waals surface area contributed by atoms with E-state index < -0.39 is 44.7 Å². The number of carbonyl (C=O) groups excluding carboxylic acids is 2. The fourth-order valence-electron chi connectivity index (χ4n) is 3.41. The first kappa shape index (κ1) is 23.0. The van der Waals surface area contributed by atoms with E-state index in [2.05, 4.69) is 0 Å². The SMILES string of the molecule is COC(=O)[C@H]1CCN(C(=O)OC(C)(C)C)C1c1cc(N)ccc1S(=O)(=O)C(C)C. The van der Waals surface area contributed by atoms with Crippen LogP contribution in [0.15, 0.2) is 23.1 Å². The standard InChI is InChI=1S/C20H30N2O6S/c1-12(2)29(25,26)16-8-7-13(21)11-15(16)17-14(18(23)27-6)9-10-22(17)19(24)28-20(3,4)5/h7-8,11-12,14,17H,9-10,21H2,1-6H3/t14-,17?/m0/s1. The molecule has 1 aliphatic heterocycles. The first-order chi connectivity index (χ1) is 13.3. The number of hydrogen-bond donors (Lipinski definition) is 1. The maximum Gasteiger partial charge on any atom is 0.410 e. The summed E-state index contributed by atoms with van der Waals surface area (Å²) in [5, 5.41) is -0.683. The number of benzene rings is 1. The number of anilines is 1. The molecule has 1 aromatic carbocycles. The summed E-state index contributed by atoms with van der Waals surface area (Å²) in [4.78, 5) is 26.7. The number of ether oxygens (including phenoxy) is 2. The van der Waals surface area contributed by atoms with Crippen LogP contribution in [0.2, 0.25) is 0 Å². The van der Waals surface area contributed by atoms with Crippen LogP contribution in [0.25, 0.3) is 0 Å². The lowest BCUT2D eigenvalue weighted by molar-refractivity contribution is -0.146. The van der Waals surface area contributed by atoms with Gasteiger partial charge in [0.25, 0.3) is 0 Å². The molecular formula is C20H30N2O6S. The van der Waals surface area contributed by atoms with Crippen molar-refractivity contribution in [3.8, 4) is 0 Å². The molecule has 0 radical (unpaired) electrons. The van der Waals surface area contributed by atoms with E-state index in [1.807, 2.05) is 0 Å². The Labute approximate surface area is 172 Å². The normalized spacial score (nSPS) is 20.0. The molecule has 1 amide bonds. The highest BCUT2D eigenvalue weighted by atomic mass is 32.2. The number of sulfone groups is 1. The van der Waals surface area contributed by atoms with Gasteiger partial charge in [0.05, 0.1) is 29.2 Å². The number of nitrogens with zero attached hydrogens (tertiary/aromatic N) is 1. The van der Waals surface area contributed by atoms with E-state index in [9.17, 15) is 18.0 Å². The lowest BCUT2D eigenvalue weighted by Crippen LogP contribution is -2.39. The number of amides is 1. The van der Waals surface area contributed by atoms with E-state index in [0.29, 0.717) is 17.7 Å². The van der Waals surface area contributed by atoms with Gasteiger partial charge in [0, 0.05) is 12.2 Å². The van der Waals surface area contributed by atoms with E-state index in [1.165, 1.54) is 30.2 Å². The minimum Gasteiger partial charge on any atom is -0.469 e. The number of esters is 1. The molecule has 0 bridgehead atoms. The van der Waals surface area contributed by atoms with Crippen molar-refractivity contribution in [2.24, 2.45) is 5.92 Å². The van der Waals surface area contributed by atoms with E-state index in [-0.39, 0.29) is 11.4 Å². The fourth-order valence-corrected chi connectivity index (χ4v) is 4.69. The molecule has 2 N–H and O–H groups in total. The largest absolute Gasteiger partial charge is 0.469 e. The molecule has 1 heterocycles. The number of likely N-dealkylation sites (tertiary alicyclic amines) is 1. The maximum absolute atomic E-state index is 13.0.